The molecule has 0 aliphatic heterocycles. The fourth-order valence-electron chi connectivity index (χ4n) is 7.09. The molecule has 0 saturated carbocycles. The van der Waals surface area contributed by atoms with Crippen molar-refractivity contribution in [3.8, 4) is 22.3 Å². The van der Waals surface area contributed by atoms with E-state index in [0.29, 0.717) is 5.92 Å². The SMILES string of the molecule is CC(C)c1cc2c(-c3ccc(C(C)(C)C)cc3)cccc2[cH-]1.C[Si]C.Cc1cc2c(-c3cccc4c3ccc3ccccc34)ccc(C)c2[cH-]1.[Cl][Zr+2][Cl]. The summed E-state index contributed by atoms with van der Waals surface area (Å²) in [5, 5.41) is 10.7. The Labute approximate surface area is 338 Å². The van der Waals surface area contributed by atoms with E-state index in [1.54, 1.807) is 0 Å². The zero-order chi connectivity index (χ0) is 38.3. The molecule has 8 aromatic rings. The first kappa shape index (κ1) is 40.9. The van der Waals surface area contributed by atoms with Crippen LogP contribution < -0.4 is 0 Å². The van der Waals surface area contributed by atoms with Crippen LogP contribution in [-0.4, -0.2) is 9.52 Å². The van der Waals surface area contributed by atoms with Crippen LogP contribution in [0.3, 0.4) is 0 Å². The summed E-state index contributed by atoms with van der Waals surface area (Å²) in [6, 6.07) is 49.3. The van der Waals surface area contributed by atoms with Crippen molar-refractivity contribution >= 4 is 69.6 Å². The second-order valence-corrected chi connectivity index (χ2v) is 19.9. The van der Waals surface area contributed by atoms with Gasteiger partial charge in [0.15, 0.2) is 0 Å². The second kappa shape index (κ2) is 18.4. The van der Waals surface area contributed by atoms with Crippen molar-refractivity contribution in [3.63, 3.8) is 0 Å². The first-order chi connectivity index (χ1) is 25.4. The van der Waals surface area contributed by atoms with E-state index in [9.17, 15) is 0 Å². The number of hydrogen-bond donors (Lipinski definition) is 0. The van der Waals surface area contributed by atoms with E-state index in [4.69, 9.17) is 17.0 Å². The molecule has 8 aromatic carbocycles. The quantitative estimate of drug-likeness (QED) is 0.0945. The van der Waals surface area contributed by atoms with Gasteiger partial charge >= 0.3 is 37.9 Å². The summed E-state index contributed by atoms with van der Waals surface area (Å²) < 4.78 is 0. The Kier molecular flexibility index (Phi) is 14.2. The van der Waals surface area contributed by atoms with Gasteiger partial charge in [-0.1, -0.05) is 164 Å². The summed E-state index contributed by atoms with van der Waals surface area (Å²) >= 11 is -0.826. The molecule has 0 bridgehead atoms. The van der Waals surface area contributed by atoms with Gasteiger partial charge in [-0.3, -0.25) is 0 Å². The molecule has 53 heavy (non-hydrogen) atoms. The molecular formula is C49H50Cl2SiZr. The molecule has 2 radical (unpaired) electrons. The Morgan fingerprint density at radius 3 is 1.91 bits per heavy atom. The number of hydrogen-bond acceptors (Lipinski definition) is 0. The van der Waals surface area contributed by atoms with Crippen molar-refractivity contribution in [1.82, 2.24) is 0 Å². The molecule has 0 aliphatic carbocycles. The molecule has 0 N–H and O–H groups in total. The van der Waals surface area contributed by atoms with Gasteiger partial charge < -0.3 is 0 Å². The van der Waals surface area contributed by atoms with Gasteiger partial charge in [0.2, 0.25) is 0 Å². The van der Waals surface area contributed by atoms with Crippen LogP contribution in [0.5, 0.6) is 0 Å². The van der Waals surface area contributed by atoms with Gasteiger partial charge in [0.1, 0.15) is 0 Å². The summed E-state index contributed by atoms with van der Waals surface area (Å²) in [5.74, 6) is 0.573. The van der Waals surface area contributed by atoms with E-state index in [0.717, 1.165) is 9.52 Å². The van der Waals surface area contributed by atoms with Gasteiger partial charge in [0, 0.05) is 9.52 Å². The third-order valence-corrected chi connectivity index (χ3v) is 9.83. The van der Waals surface area contributed by atoms with E-state index in [-0.39, 0.29) is 5.41 Å². The normalized spacial score (nSPS) is 11.1. The maximum atomic E-state index is 4.93. The van der Waals surface area contributed by atoms with Gasteiger partial charge in [-0.15, -0.1) is 68.6 Å². The molecule has 0 aliphatic rings. The molecule has 0 saturated heterocycles. The summed E-state index contributed by atoms with van der Waals surface area (Å²) in [7, 11) is 11.0. The van der Waals surface area contributed by atoms with Crippen molar-refractivity contribution in [2.75, 3.05) is 0 Å². The average molecular weight is 829 g/mol. The van der Waals surface area contributed by atoms with Crippen molar-refractivity contribution in [2.45, 2.75) is 72.9 Å². The van der Waals surface area contributed by atoms with Crippen molar-refractivity contribution in [1.29, 1.82) is 0 Å². The Hall–Kier alpha value is -3.26. The third-order valence-electron chi connectivity index (χ3n) is 9.83. The van der Waals surface area contributed by atoms with Crippen LogP contribution in [0, 0.1) is 13.8 Å². The molecule has 0 aromatic heterocycles. The molecular weight excluding hydrogens is 779 g/mol. The summed E-state index contributed by atoms with van der Waals surface area (Å²) in [6.45, 7) is 20.0. The van der Waals surface area contributed by atoms with E-state index in [2.05, 4.69) is 195 Å². The van der Waals surface area contributed by atoms with Crippen LogP contribution in [0.4, 0.5) is 0 Å². The number of benzene rings is 6. The molecule has 8 rings (SSSR count). The van der Waals surface area contributed by atoms with Gasteiger partial charge in [-0.05, 0) is 49.6 Å². The standard InChI is InChI=1S/C25H19.C22H25.C2H6Si.2ClH.Zr/c1-16-14-24-17(2)10-12-23(25(24)15-16)21-9-5-8-20-19-7-4-3-6-18(19)11-13-22(20)21;1-15(2)18-13-17-7-6-8-20(21(17)14-18)16-9-11-19(12-10-16)22(3,4)5;1-3-2;;;/h3-15H,1-2H3;6-15H,1-5H3;1-2H3;2*1H;/q2*-1;;;;+4/p-2. The van der Waals surface area contributed by atoms with Crippen LogP contribution in [0.25, 0.3) is 65.3 Å². The van der Waals surface area contributed by atoms with E-state index in [1.807, 2.05) is 0 Å². The minimum absolute atomic E-state index is 0.204. The van der Waals surface area contributed by atoms with E-state index in [1.165, 1.54) is 87.6 Å². The van der Waals surface area contributed by atoms with Crippen LogP contribution in [0.15, 0.2) is 133 Å². The monoisotopic (exact) mass is 826 g/mol. The molecule has 0 amide bonds. The van der Waals surface area contributed by atoms with E-state index >= 15 is 0 Å². The van der Waals surface area contributed by atoms with E-state index < -0.39 is 20.8 Å². The first-order valence-electron chi connectivity index (χ1n) is 18.3. The Bertz CT molecular complexity index is 2420. The van der Waals surface area contributed by atoms with Crippen LogP contribution in [0.2, 0.25) is 13.1 Å². The predicted octanol–water partition coefficient (Wildman–Crippen LogP) is 16.0. The predicted molar refractivity (Wildman–Crippen MR) is 236 cm³/mol. The minimum atomic E-state index is -0.826. The van der Waals surface area contributed by atoms with Gasteiger partial charge in [-0.2, -0.15) is 12.1 Å². The zero-order valence-electron chi connectivity index (χ0n) is 32.5. The van der Waals surface area contributed by atoms with Gasteiger partial charge in [-0.25, -0.2) is 0 Å². The molecule has 0 atom stereocenters. The number of rotatable bonds is 3. The molecule has 0 nitrogen and oxygen atoms in total. The second-order valence-electron chi connectivity index (χ2n) is 15.1. The topological polar surface area (TPSA) is 0 Å². The van der Waals surface area contributed by atoms with Crippen molar-refractivity contribution in [2.24, 2.45) is 0 Å². The Balaban J connectivity index is 0.000000180. The Morgan fingerprint density at radius 2 is 1.23 bits per heavy atom. The fraction of sp³-hybridized carbons (Fsp3) is 0.224. The number of fused-ring (bicyclic) bond motifs is 5. The molecule has 0 fully saturated rings. The summed E-state index contributed by atoms with van der Waals surface area (Å²) in [5.41, 5.74) is 11.0. The number of halogens is 2. The van der Waals surface area contributed by atoms with Crippen LogP contribution >= 0.6 is 17.0 Å². The van der Waals surface area contributed by atoms with Crippen molar-refractivity contribution < 1.29 is 20.8 Å². The van der Waals surface area contributed by atoms with Gasteiger partial charge in [0.25, 0.3) is 0 Å². The number of aryl methyl sites for hydroxylation is 2. The molecule has 4 heteroatoms. The van der Waals surface area contributed by atoms with Crippen molar-refractivity contribution in [3.05, 3.63) is 156 Å². The molecule has 0 heterocycles. The Morgan fingerprint density at radius 1 is 0.604 bits per heavy atom. The zero-order valence-corrected chi connectivity index (χ0v) is 37.5. The van der Waals surface area contributed by atoms with Gasteiger partial charge in [0.05, 0.1) is 0 Å². The first-order valence-corrected chi connectivity index (χ1v) is 26.7. The van der Waals surface area contributed by atoms with Crippen LogP contribution in [0.1, 0.15) is 62.8 Å². The molecule has 268 valence electrons. The maximum absolute atomic E-state index is 4.93. The third kappa shape index (κ3) is 9.52. The summed E-state index contributed by atoms with van der Waals surface area (Å²) in [4.78, 5) is 0. The molecule has 0 unspecified atom stereocenters. The van der Waals surface area contributed by atoms with Crippen LogP contribution in [-0.2, 0) is 26.3 Å². The average Bonchev–Trinajstić information content (AvgIpc) is 3.77. The molecule has 0 spiro atoms. The summed E-state index contributed by atoms with van der Waals surface area (Å²) in [6.07, 6.45) is 0. The fourth-order valence-corrected chi connectivity index (χ4v) is 7.09.